The molecule has 1 aromatic rings. The second-order valence-electron chi connectivity index (χ2n) is 2.26. The van der Waals surface area contributed by atoms with Gasteiger partial charge in [0.15, 0.2) is 0 Å². The van der Waals surface area contributed by atoms with Crippen molar-refractivity contribution in [1.29, 1.82) is 0 Å². The van der Waals surface area contributed by atoms with Gasteiger partial charge in [-0.1, -0.05) is 0 Å². The Kier molecular flexibility index (Phi) is 2.45. The van der Waals surface area contributed by atoms with E-state index in [2.05, 4.69) is 0 Å². The summed E-state index contributed by atoms with van der Waals surface area (Å²) in [6.45, 7) is 0. The first kappa shape index (κ1) is 10.2. The van der Waals surface area contributed by atoms with E-state index < -0.39 is 22.2 Å². The second kappa shape index (κ2) is 3.12. The molecule has 13 heavy (non-hydrogen) atoms. The van der Waals surface area contributed by atoms with Crippen LogP contribution in [0.4, 0.5) is 13.2 Å². The summed E-state index contributed by atoms with van der Waals surface area (Å²) in [4.78, 5) is 0. The Balaban J connectivity index is 3.26. The van der Waals surface area contributed by atoms with E-state index in [0.717, 1.165) is 12.1 Å². The molecule has 0 radical (unpaired) electrons. The first-order chi connectivity index (χ1) is 5.86. The van der Waals surface area contributed by atoms with Gasteiger partial charge >= 0.3 is 73.4 Å². The van der Waals surface area contributed by atoms with Crippen molar-refractivity contribution in [3.05, 3.63) is 30.3 Å². The molecule has 0 aliphatic rings. The van der Waals surface area contributed by atoms with E-state index in [0.29, 0.717) is 0 Å². The molecule has 6 heteroatoms. The quantitative estimate of drug-likeness (QED) is 0.710. The molecular formula is C7H5F3O2Se. The van der Waals surface area contributed by atoms with Gasteiger partial charge in [-0.2, -0.15) is 0 Å². The molecule has 0 unspecified atom stereocenters. The summed E-state index contributed by atoms with van der Waals surface area (Å²) in [5.74, 6) is 0. The summed E-state index contributed by atoms with van der Waals surface area (Å²) in [5.41, 5.74) is 0. The molecule has 0 aromatic heterocycles. The Morgan fingerprint density at radius 1 is 1.00 bits per heavy atom. The topological polar surface area (TPSA) is 34.1 Å². The summed E-state index contributed by atoms with van der Waals surface area (Å²) < 4.78 is 56.8. The van der Waals surface area contributed by atoms with Crippen LogP contribution in [-0.2, 0) is 7.67 Å². The minimum atomic E-state index is -5.97. The fourth-order valence-corrected chi connectivity index (χ4v) is 2.38. The third-order valence-corrected chi connectivity index (χ3v) is 4.51. The Labute approximate surface area is 74.0 Å². The molecular weight excluding hydrogens is 252 g/mol. The second-order valence-corrected chi connectivity index (χ2v) is 6.33. The predicted octanol–water partition coefficient (Wildman–Crippen LogP) is 1.30. The predicted molar refractivity (Wildman–Crippen MR) is 39.3 cm³/mol. The first-order valence-electron chi connectivity index (χ1n) is 3.22. The van der Waals surface area contributed by atoms with E-state index in [4.69, 9.17) is 0 Å². The Morgan fingerprint density at radius 2 is 1.46 bits per heavy atom. The normalized spacial score (nSPS) is 12.8. The van der Waals surface area contributed by atoms with Crippen LogP contribution in [-0.4, -0.2) is 17.8 Å². The van der Waals surface area contributed by atoms with Crippen molar-refractivity contribution in [2.45, 2.75) is 5.07 Å². The molecule has 0 N–H and O–H groups in total. The monoisotopic (exact) mass is 258 g/mol. The summed E-state index contributed by atoms with van der Waals surface area (Å²) in [6.07, 6.45) is 0. The third kappa shape index (κ3) is 1.89. The molecule has 0 atom stereocenters. The van der Waals surface area contributed by atoms with Crippen LogP contribution in [0.15, 0.2) is 30.3 Å². The van der Waals surface area contributed by atoms with Gasteiger partial charge in [0.05, 0.1) is 0 Å². The standard InChI is InChI=1S/C7H5F3O2Se/c8-7(9,10)13(11,12)6-4-2-1-3-5-6/h1-5H. The van der Waals surface area contributed by atoms with Crippen molar-refractivity contribution in [3.8, 4) is 0 Å². The van der Waals surface area contributed by atoms with E-state index in [1.807, 2.05) is 0 Å². The Morgan fingerprint density at radius 3 is 1.85 bits per heavy atom. The zero-order valence-electron chi connectivity index (χ0n) is 6.25. The number of benzene rings is 1. The summed E-state index contributed by atoms with van der Waals surface area (Å²) >= 11 is -5.97. The maximum absolute atomic E-state index is 12.0. The van der Waals surface area contributed by atoms with Crippen LogP contribution >= 0.6 is 0 Å². The van der Waals surface area contributed by atoms with Crippen molar-refractivity contribution in [3.63, 3.8) is 0 Å². The first-order valence-corrected chi connectivity index (χ1v) is 6.33. The van der Waals surface area contributed by atoms with Crippen LogP contribution in [0.5, 0.6) is 0 Å². The van der Waals surface area contributed by atoms with Gasteiger partial charge in [0.25, 0.3) is 0 Å². The fourth-order valence-electron chi connectivity index (χ4n) is 0.733. The molecule has 0 amide bonds. The number of hydrogen-bond donors (Lipinski definition) is 0. The van der Waals surface area contributed by atoms with Gasteiger partial charge in [0.2, 0.25) is 0 Å². The van der Waals surface area contributed by atoms with Gasteiger partial charge in [-0.25, -0.2) is 0 Å². The third-order valence-electron chi connectivity index (χ3n) is 1.36. The van der Waals surface area contributed by atoms with Crippen LogP contribution in [0.3, 0.4) is 0 Å². The fraction of sp³-hybridized carbons (Fsp3) is 0.143. The van der Waals surface area contributed by atoms with E-state index in [-0.39, 0.29) is 0 Å². The van der Waals surface area contributed by atoms with E-state index >= 15 is 0 Å². The zero-order chi connectivity index (χ0) is 10.1. The number of halogens is 3. The van der Waals surface area contributed by atoms with Gasteiger partial charge in [0.1, 0.15) is 0 Å². The van der Waals surface area contributed by atoms with Crippen molar-refractivity contribution in [1.82, 2.24) is 0 Å². The molecule has 0 fully saturated rings. The molecule has 0 saturated carbocycles. The minimum absolute atomic E-state index is 0.661. The molecule has 0 saturated heterocycles. The van der Waals surface area contributed by atoms with Gasteiger partial charge in [-0.05, 0) is 0 Å². The van der Waals surface area contributed by atoms with Crippen LogP contribution in [0.2, 0.25) is 0 Å². The van der Waals surface area contributed by atoms with Gasteiger partial charge < -0.3 is 0 Å². The van der Waals surface area contributed by atoms with E-state index in [1.54, 1.807) is 0 Å². The van der Waals surface area contributed by atoms with Crippen LogP contribution in [0, 0.1) is 0 Å². The molecule has 2 nitrogen and oxygen atoms in total. The average Bonchev–Trinajstić information content (AvgIpc) is 2.04. The van der Waals surface area contributed by atoms with Gasteiger partial charge in [-0.15, -0.1) is 0 Å². The molecule has 0 aliphatic heterocycles. The van der Waals surface area contributed by atoms with E-state index in [9.17, 15) is 20.8 Å². The molecule has 0 spiro atoms. The molecule has 1 aromatic carbocycles. The van der Waals surface area contributed by atoms with Gasteiger partial charge in [0, 0.05) is 0 Å². The van der Waals surface area contributed by atoms with E-state index in [1.165, 1.54) is 18.2 Å². The Bertz CT molecular complexity index is 380. The molecule has 0 bridgehead atoms. The maximum atomic E-state index is 12.0. The zero-order valence-corrected chi connectivity index (χ0v) is 7.96. The summed E-state index contributed by atoms with van der Waals surface area (Å²) in [6, 6.07) is 5.83. The van der Waals surface area contributed by atoms with Crippen LogP contribution in [0.1, 0.15) is 0 Å². The summed E-state index contributed by atoms with van der Waals surface area (Å²) in [5, 5.41) is -5.15. The Hall–Kier alpha value is -0.871. The van der Waals surface area contributed by atoms with Crippen molar-refractivity contribution in [2.24, 2.45) is 0 Å². The van der Waals surface area contributed by atoms with Crippen molar-refractivity contribution in [2.75, 3.05) is 0 Å². The molecule has 0 heterocycles. The summed E-state index contributed by atoms with van der Waals surface area (Å²) in [7, 11) is 0. The van der Waals surface area contributed by atoms with Crippen molar-refractivity contribution >= 4 is 17.2 Å². The molecule has 72 valence electrons. The van der Waals surface area contributed by atoms with Crippen molar-refractivity contribution < 1.29 is 20.8 Å². The molecule has 0 aliphatic carbocycles. The number of rotatable bonds is 1. The van der Waals surface area contributed by atoms with Crippen LogP contribution in [0.25, 0.3) is 0 Å². The molecule has 1 rings (SSSR count). The van der Waals surface area contributed by atoms with Crippen LogP contribution < -0.4 is 4.46 Å². The SMILES string of the molecule is O=[Se](=O)(c1ccccc1)C(F)(F)F. The van der Waals surface area contributed by atoms with Gasteiger partial charge in [-0.3, -0.25) is 0 Å². The number of alkyl halides is 3. The number of hydrogen-bond acceptors (Lipinski definition) is 2. The average molecular weight is 257 g/mol.